The predicted molar refractivity (Wildman–Crippen MR) is 75.1 cm³/mol. The average molecular weight is 277 g/mol. The number of likely N-dealkylation sites (tertiary alicyclic amines) is 1. The highest BCUT2D eigenvalue weighted by Crippen LogP contribution is 2.27. The maximum atomic E-state index is 12.7. The quantitative estimate of drug-likeness (QED) is 0.849. The Bertz CT molecular complexity index is 486. The first-order chi connectivity index (χ1) is 9.66. The number of carbonyl (C=O) groups is 1. The zero-order valence-electron chi connectivity index (χ0n) is 12.2. The van der Waals surface area contributed by atoms with E-state index in [-0.39, 0.29) is 5.92 Å². The molecule has 0 bridgehead atoms. The van der Waals surface area contributed by atoms with Crippen molar-refractivity contribution >= 4 is 5.91 Å². The number of rotatable bonds is 2. The van der Waals surface area contributed by atoms with Gasteiger partial charge >= 0.3 is 0 Å². The molecule has 2 aliphatic heterocycles. The van der Waals surface area contributed by atoms with Crippen LogP contribution in [0.5, 0.6) is 0 Å². The van der Waals surface area contributed by atoms with Crippen molar-refractivity contribution in [2.24, 2.45) is 18.9 Å². The van der Waals surface area contributed by atoms with E-state index in [0.717, 1.165) is 44.8 Å². The Kier molecular flexibility index (Phi) is 3.74. The molecule has 1 amide bonds. The van der Waals surface area contributed by atoms with Crippen LogP contribution in [0.25, 0.3) is 0 Å². The van der Waals surface area contributed by atoms with E-state index in [1.807, 2.05) is 16.5 Å². The van der Waals surface area contributed by atoms with Crippen LogP contribution >= 0.6 is 0 Å². The predicted octanol–water partition coefficient (Wildman–Crippen LogP) is 0.377. The molecule has 0 aromatic carbocycles. The summed E-state index contributed by atoms with van der Waals surface area (Å²) in [6, 6.07) is 0. The van der Waals surface area contributed by atoms with E-state index in [1.165, 1.54) is 0 Å². The fraction of sp³-hybridized carbons (Fsp3) is 0.786. The van der Waals surface area contributed by atoms with Crippen molar-refractivity contribution in [2.45, 2.75) is 25.7 Å². The molecule has 1 aromatic heterocycles. The standard InChI is InChI=1S/C14H23N5O/c1-10-6-15-7-12(10)14(20)19-5-3-4-11(8-19)13-17-16-9-18(13)2/h9-12,15H,3-8H2,1-2H3. The van der Waals surface area contributed by atoms with E-state index in [2.05, 4.69) is 22.4 Å². The lowest BCUT2D eigenvalue weighted by atomic mass is 9.92. The van der Waals surface area contributed by atoms with Gasteiger partial charge in [0, 0.05) is 32.6 Å². The first kappa shape index (κ1) is 13.5. The molecule has 1 aromatic rings. The third kappa shape index (κ3) is 2.44. The molecule has 6 nitrogen and oxygen atoms in total. The van der Waals surface area contributed by atoms with Gasteiger partial charge < -0.3 is 14.8 Å². The van der Waals surface area contributed by atoms with E-state index in [4.69, 9.17) is 0 Å². The lowest BCUT2D eigenvalue weighted by molar-refractivity contribution is -0.137. The number of aromatic nitrogens is 3. The van der Waals surface area contributed by atoms with Crippen molar-refractivity contribution in [1.82, 2.24) is 25.0 Å². The minimum atomic E-state index is 0.147. The maximum absolute atomic E-state index is 12.7. The third-order valence-corrected chi connectivity index (χ3v) is 4.68. The fourth-order valence-corrected chi connectivity index (χ4v) is 3.42. The number of piperidine rings is 1. The van der Waals surface area contributed by atoms with Crippen LogP contribution in [0, 0.1) is 11.8 Å². The summed E-state index contributed by atoms with van der Waals surface area (Å²) in [6.07, 6.45) is 3.88. The van der Waals surface area contributed by atoms with Gasteiger partial charge in [-0.15, -0.1) is 10.2 Å². The van der Waals surface area contributed by atoms with Gasteiger partial charge in [0.05, 0.1) is 5.92 Å². The molecule has 0 aliphatic carbocycles. The molecule has 3 heterocycles. The van der Waals surface area contributed by atoms with Crippen molar-refractivity contribution in [1.29, 1.82) is 0 Å². The van der Waals surface area contributed by atoms with Gasteiger partial charge in [0.15, 0.2) is 0 Å². The minimum absolute atomic E-state index is 0.147. The van der Waals surface area contributed by atoms with Crippen LogP contribution in [0.2, 0.25) is 0 Å². The Morgan fingerprint density at radius 3 is 2.95 bits per heavy atom. The summed E-state index contributed by atoms with van der Waals surface area (Å²) >= 11 is 0. The molecule has 0 radical (unpaired) electrons. The second-order valence-corrected chi connectivity index (χ2v) is 6.17. The van der Waals surface area contributed by atoms with Gasteiger partial charge in [-0.3, -0.25) is 4.79 Å². The first-order valence-electron chi connectivity index (χ1n) is 7.50. The molecule has 3 rings (SSSR count). The molecule has 3 unspecified atom stereocenters. The van der Waals surface area contributed by atoms with Crippen LogP contribution in [0.3, 0.4) is 0 Å². The number of nitrogens with one attached hydrogen (secondary N) is 1. The van der Waals surface area contributed by atoms with Crippen LogP contribution in [0.1, 0.15) is 31.5 Å². The summed E-state index contributed by atoms with van der Waals surface area (Å²) in [4.78, 5) is 14.7. The van der Waals surface area contributed by atoms with Crippen LogP contribution in [0.15, 0.2) is 6.33 Å². The lowest BCUT2D eigenvalue weighted by Gasteiger charge is -2.34. The van der Waals surface area contributed by atoms with Gasteiger partial charge in [-0.05, 0) is 25.3 Å². The van der Waals surface area contributed by atoms with E-state index in [0.29, 0.717) is 17.7 Å². The number of nitrogens with zero attached hydrogens (tertiary/aromatic N) is 4. The third-order valence-electron chi connectivity index (χ3n) is 4.68. The van der Waals surface area contributed by atoms with Crippen LogP contribution in [-0.4, -0.2) is 51.8 Å². The van der Waals surface area contributed by atoms with E-state index in [9.17, 15) is 4.79 Å². The summed E-state index contributed by atoms with van der Waals surface area (Å²) in [6.45, 7) is 5.61. The van der Waals surface area contributed by atoms with Crippen molar-refractivity contribution in [2.75, 3.05) is 26.2 Å². The molecule has 0 spiro atoms. The van der Waals surface area contributed by atoms with E-state index < -0.39 is 0 Å². The smallest absolute Gasteiger partial charge is 0.227 e. The topological polar surface area (TPSA) is 63.1 Å². The van der Waals surface area contributed by atoms with Crippen molar-refractivity contribution in [3.05, 3.63) is 12.2 Å². The monoisotopic (exact) mass is 277 g/mol. The average Bonchev–Trinajstić information content (AvgIpc) is 3.07. The number of hydrogen-bond donors (Lipinski definition) is 1. The number of carbonyl (C=O) groups excluding carboxylic acids is 1. The van der Waals surface area contributed by atoms with Crippen molar-refractivity contribution in [3.8, 4) is 0 Å². The Balaban J connectivity index is 1.69. The SMILES string of the molecule is CC1CNCC1C(=O)N1CCCC(c2nncn2C)C1. The first-order valence-corrected chi connectivity index (χ1v) is 7.50. The zero-order valence-corrected chi connectivity index (χ0v) is 12.2. The van der Waals surface area contributed by atoms with Crippen LogP contribution in [0.4, 0.5) is 0 Å². The largest absolute Gasteiger partial charge is 0.342 e. The normalized spacial score (nSPS) is 30.7. The summed E-state index contributed by atoms with van der Waals surface area (Å²) in [7, 11) is 1.97. The molecule has 2 aliphatic rings. The summed E-state index contributed by atoms with van der Waals surface area (Å²) in [5.74, 6) is 2.23. The number of aryl methyl sites for hydroxylation is 1. The van der Waals surface area contributed by atoms with Crippen LogP contribution in [-0.2, 0) is 11.8 Å². The number of hydrogen-bond acceptors (Lipinski definition) is 4. The summed E-state index contributed by atoms with van der Waals surface area (Å²) in [5.41, 5.74) is 0. The Labute approximate surface area is 119 Å². The van der Waals surface area contributed by atoms with Gasteiger partial charge in [-0.25, -0.2) is 0 Å². The second kappa shape index (κ2) is 5.52. The highest BCUT2D eigenvalue weighted by Gasteiger charge is 2.35. The minimum Gasteiger partial charge on any atom is -0.342 e. The zero-order chi connectivity index (χ0) is 14.1. The Hall–Kier alpha value is -1.43. The molecule has 3 atom stereocenters. The van der Waals surface area contributed by atoms with E-state index >= 15 is 0 Å². The molecule has 2 fully saturated rings. The summed E-state index contributed by atoms with van der Waals surface area (Å²) < 4.78 is 1.97. The Morgan fingerprint density at radius 2 is 2.30 bits per heavy atom. The maximum Gasteiger partial charge on any atom is 0.227 e. The molecule has 20 heavy (non-hydrogen) atoms. The highest BCUT2D eigenvalue weighted by molar-refractivity contribution is 5.80. The molecule has 6 heteroatoms. The molecule has 1 N–H and O–H groups in total. The van der Waals surface area contributed by atoms with Crippen molar-refractivity contribution < 1.29 is 4.79 Å². The Morgan fingerprint density at radius 1 is 1.45 bits per heavy atom. The number of amides is 1. The van der Waals surface area contributed by atoms with Gasteiger partial charge in [-0.2, -0.15) is 0 Å². The van der Waals surface area contributed by atoms with Gasteiger partial charge in [-0.1, -0.05) is 6.92 Å². The van der Waals surface area contributed by atoms with Gasteiger partial charge in [0.25, 0.3) is 0 Å². The van der Waals surface area contributed by atoms with E-state index in [1.54, 1.807) is 6.33 Å². The highest BCUT2D eigenvalue weighted by atomic mass is 16.2. The fourth-order valence-electron chi connectivity index (χ4n) is 3.42. The van der Waals surface area contributed by atoms with Gasteiger partial charge in [0.2, 0.25) is 5.91 Å². The molecular weight excluding hydrogens is 254 g/mol. The second-order valence-electron chi connectivity index (χ2n) is 6.17. The van der Waals surface area contributed by atoms with Gasteiger partial charge in [0.1, 0.15) is 12.2 Å². The molecule has 110 valence electrons. The van der Waals surface area contributed by atoms with Crippen molar-refractivity contribution in [3.63, 3.8) is 0 Å². The van der Waals surface area contributed by atoms with Crippen LogP contribution < -0.4 is 5.32 Å². The molecule has 2 saturated heterocycles. The molecular formula is C14H23N5O. The lowest BCUT2D eigenvalue weighted by Crippen LogP contribution is -2.44. The molecule has 0 saturated carbocycles. The summed E-state index contributed by atoms with van der Waals surface area (Å²) in [5, 5.41) is 11.5.